The second-order valence-electron chi connectivity index (χ2n) is 7.54. The van der Waals surface area contributed by atoms with Gasteiger partial charge in [-0.15, -0.1) is 0 Å². The van der Waals surface area contributed by atoms with Crippen molar-refractivity contribution >= 4 is 11.9 Å². The van der Waals surface area contributed by atoms with Gasteiger partial charge >= 0.3 is 5.97 Å². The zero-order valence-electron chi connectivity index (χ0n) is 19.8. The van der Waals surface area contributed by atoms with Crippen molar-refractivity contribution in [2.45, 2.75) is 64.7 Å². The maximum absolute atomic E-state index is 11.9. The van der Waals surface area contributed by atoms with E-state index in [1.165, 1.54) is 6.20 Å². The number of aromatic nitrogens is 1. The topological polar surface area (TPSA) is 79.3 Å². The highest BCUT2D eigenvalue weighted by atomic mass is 16.4. The van der Waals surface area contributed by atoms with E-state index in [0.717, 1.165) is 44.9 Å². The molecule has 1 rings (SSSR count). The molecular weight excluding hydrogens is 412 g/mol. The summed E-state index contributed by atoms with van der Waals surface area (Å²) >= 11 is 0. The van der Waals surface area contributed by atoms with Crippen LogP contribution in [0.15, 0.2) is 79.2 Å². The molecule has 5 heteroatoms. The van der Waals surface area contributed by atoms with Crippen molar-refractivity contribution in [1.29, 1.82) is 0 Å². The Kier molecular flexibility index (Phi) is 16.4. The highest BCUT2D eigenvalue weighted by Gasteiger charge is 2.09. The summed E-state index contributed by atoms with van der Waals surface area (Å²) in [7, 11) is 0. The standard InChI is InChI=1S/C28H38N2O3/c1-2-3-4-5-6-7-8-9-10-11-12-13-14-15-16-17-18-19-27(31)30-23-21-25-20-22-29-24-26(25)28(32)33/h3-4,6-7,9-10,12-13,15-16,20,22,24H,2,5,8,11,14,17-19,21,23H2,1H3,(H,30,31)(H,32,33). The van der Waals surface area contributed by atoms with Gasteiger partial charge in [0.25, 0.3) is 0 Å². The van der Waals surface area contributed by atoms with Gasteiger partial charge in [0.05, 0.1) is 5.56 Å². The Balaban J connectivity index is 2.04. The van der Waals surface area contributed by atoms with Gasteiger partial charge in [0.2, 0.25) is 5.91 Å². The number of pyridine rings is 1. The molecule has 0 saturated carbocycles. The van der Waals surface area contributed by atoms with Crippen molar-refractivity contribution in [2.75, 3.05) is 6.54 Å². The van der Waals surface area contributed by atoms with Gasteiger partial charge in [-0.3, -0.25) is 9.78 Å². The molecule has 1 aromatic heterocycles. The molecule has 0 aliphatic heterocycles. The third-order valence-electron chi connectivity index (χ3n) is 4.79. The van der Waals surface area contributed by atoms with Crippen LogP contribution in [0, 0.1) is 0 Å². The Labute approximate surface area is 198 Å². The number of carbonyl (C=O) groups excluding carboxylic acids is 1. The van der Waals surface area contributed by atoms with Crippen molar-refractivity contribution in [3.63, 3.8) is 0 Å². The molecule has 33 heavy (non-hydrogen) atoms. The first-order chi connectivity index (χ1) is 16.1. The van der Waals surface area contributed by atoms with Crippen molar-refractivity contribution in [1.82, 2.24) is 10.3 Å². The minimum absolute atomic E-state index is 0.00622. The van der Waals surface area contributed by atoms with Crippen LogP contribution in [0.1, 0.15) is 74.2 Å². The molecule has 1 heterocycles. The van der Waals surface area contributed by atoms with Gasteiger partial charge in [-0.2, -0.15) is 0 Å². The summed E-state index contributed by atoms with van der Waals surface area (Å²) in [5, 5.41) is 12.0. The van der Waals surface area contributed by atoms with Gasteiger partial charge in [0, 0.05) is 25.4 Å². The maximum Gasteiger partial charge on any atom is 0.337 e. The lowest BCUT2D eigenvalue weighted by atomic mass is 10.1. The summed E-state index contributed by atoms with van der Waals surface area (Å²) in [6, 6.07) is 1.68. The number of amides is 1. The van der Waals surface area contributed by atoms with Crippen LogP contribution in [0.2, 0.25) is 0 Å². The molecule has 0 fully saturated rings. The zero-order chi connectivity index (χ0) is 24.0. The van der Waals surface area contributed by atoms with E-state index in [4.69, 9.17) is 5.11 Å². The minimum Gasteiger partial charge on any atom is -0.478 e. The van der Waals surface area contributed by atoms with Crippen LogP contribution in [0.25, 0.3) is 0 Å². The number of rotatable bonds is 17. The van der Waals surface area contributed by atoms with Crippen molar-refractivity contribution < 1.29 is 14.7 Å². The summed E-state index contributed by atoms with van der Waals surface area (Å²) in [5.74, 6) is -1.00. The third-order valence-corrected chi connectivity index (χ3v) is 4.79. The molecule has 0 aliphatic rings. The number of carboxylic acid groups (broad SMARTS) is 1. The molecular formula is C28H38N2O3. The maximum atomic E-state index is 11.9. The van der Waals surface area contributed by atoms with Gasteiger partial charge in [-0.05, 0) is 63.0 Å². The Morgan fingerprint density at radius 2 is 1.48 bits per heavy atom. The molecule has 178 valence electrons. The average Bonchev–Trinajstić information content (AvgIpc) is 2.81. The van der Waals surface area contributed by atoms with Crippen LogP contribution < -0.4 is 5.32 Å². The molecule has 0 atom stereocenters. The molecule has 2 N–H and O–H groups in total. The summed E-state index contributed by atoms with van der Waals surface area (Å²) in [6.07, 6.45) is 32.2. The molecule has 0 unspecified atom stereocenters. The van der Waals surface area contributed by atoms with Crippen molar-refractivity contribution in [3.8, 4) is 0 Å². The van der Waals surface area contributed by atoms with Crippen LogP contribution >= 0.6 is 0 Å². The van der Waals surface area contributed by atoms with Gasteiger partial charge in [0.15, 0.2) is 0 Å². The van der Waals surface area contributed by atoms with Crippen molar-refractivity contribution in [3.05, 3.63) is 90.3 Å². The van der Waals surface area contributed by atoms with Crippen molar-refractivity contribution in [2.24, 2.45) is 0 Å². The number of carbonyl (C=O) groups is 2. The van der Waals surface area contributed by atoms with Crippen LogP contribution in [-0.4, -0.2) is 28.5 Å². The Morgan fingerprint density at radius 3 is 2.06 bits per heavy atom. The van der Waals surface area contributed by atoms with Crippen LogP contribution in [0.3, 0.4) is 0 Å². The Morgan fingerprint density at radius 1 is 0.909 bits per heavy atom. The number of aromatic carboxylic acids is 1. The van der Waals surface area contributed by atoms with E-state index >= 15 is 0 Å². The van der Waals surface area contributed by atoms with Crippen LogP contribution in [-0.2, 0) is 11.2 Å². The fraction of sp³-hybridized carbons (Fsp3) is 0.393. The lowest BCUT2D eigenvalue weighted by Crippen LogP contribution is -2.25. The number of nitrogens with zero attached hydrogens (tertiary/aromatic N) is 1. The first-order valence-electron chi connectivity index (χ1n) is 11.8. The summed E-state index contributed by atoms with van der Waals surface area (Å²) in [5.41, 5.74) is 0.863. The molecule has 0 saturated heterocycles. The van der Waals surface area contributed by atoms with Crippen LogP contribution in [0.5, 0.6) is 0 Å². The quantitative estimate of drug-likeness (QED) is 0.214. The van der Waals surface area contributed by atoms with E-state index in [-0.39, 0.29) is 11.5 Å². The first kappa shape index (κ1) is 27.8. The number of allylic oxidation sites excluding steroid dienone is 10. The van der Waals surface area contributed by atoms with E-state index in [9.17, 15) is 9.59 Å². The zero-order valence-corrected chi connectivity index (χ0v) is 19.8. The normalized spacial score (nSPS) is 12.2. The van der Waals surface area contributed by atoms with Crippen LogP contribution in [0.4, 0.5) is 0 Å². The van der Waals surface area contributed by atoms with Gasteiger partial charge in [0.1, 0.15) is 0 Å². The molecule has 0 radical (unpaired) electrons. The molecule has 1 amide bonds. The molecule has 0 bridgehead atoms. The predicted molar refractivity (Wildman–Crippen MR) is 136 cm³/mol. The predicted octanol–water partition coefficient (Wildman–Crippen LogP) is 6.36. The minimum atomic E-state index is -0.999. The fourth-order valence-corrected chi connectivity index (χ4v) is 3.01. The number of hydrogen-bond donors (Lipinski definition) is 2. The van der Waals surface area contributed by atoms with Gasteiger partial charge < -0.3 is 10.4 Å². The van der Waals surface area contributed by atoms with E-state index in [0.29, 0.717) is 24.9 Å². The summed E-state index contributed by atoms with van der Waals surface area (Å²) in [4.78, 5) is 26.9. The average molecular weight is 451 g/mol. The monoisotopic (exact) mass is 450 g/mol. The number of hydrogen-bond acceptors (Lipinski definition) is 3. The lowest BCUT2D eigenvalue weighted by molar-refractivity contribution is -0.121. The number of unbranched alkanes of at least 4 members (excludes halogenated alkanes) is 1. The van der Waals surface area contributed by atoms with Gasteiger partial charge in [-0.1, -0.05) is 67.7 Å². The molecule has 0 aliphatic carbocycles. The molecule has 5 nitrogen and oxygen atoms in total. The lowest BCUT2D eigenvalue weighted by Gasteiger charge is -2.07. The SMILES string of the molecule is CCC=CCC=CCC=CCC=CCC=CCCCC(=O)NCCc1ccncc1C(=O)O. The summed E-state index contributed by atoms with van der Waals surface area (Å²) in [6.45, 7) is 2.56. The smallest absolute Gasteiger partial charge is 0.337 e. The fourth-order valence-electron chi connectivity index (χ4n) is 3.01. The Hall–Kier alpha value is -3.21. The highest BCUT2D eigenvalue weighted by Crippen LogP contribution is 2.07. The van der Waals surface area contributed by atoms with E-state index in [1.807, 2.05) is 0 Å². The summed E-state index contributed by atoms with van der Waals surface area (Å²) < 4.78 is 0. The molecule has 0 spiro atoms. The number of carboxylic acids is 1. The second-order valence-corrected chi connectivity index (χ2v) is 7.54. The highest BCUT2D eigenvalue weighted by molar-refractivity contribution is 5.88. The molecule has 0 aromatic carbocycles. The Bertz CT molecular complexity index is 835. The van der Waals surface area contributed by atoms with E-state index in [1.54, 1.807) is 12.3 Å². The molecule has 1 aromatic rings. The van der Waals surface area contributed by atoms with E-state index < -0.39 is 5.97 Å². The largest absolute Gasteiger partial charge is 0.478 e. The van der Waals surface area contributed by atoms with E-state index in [2.05, 4.69) is 78.0 Å². The van der Waals surface area contributed by atoms with Gasteiger partial charge in [-0.25, -0.2) is 4.79 Å². The second kappa shape index (κ2) is 19.5. The third kappa shape index (κ3) is 15.3. The first-order valence-corrected chi connectivity index (χ1v) is 11.8. The number of nitrogens with one attached hydrogen (secondary N) is 1.